The first-order valence-electron chi connectivity index (χ1n) is 25.0. The predicted molar refractivity (Wildman–Crippen MR) is 269 cm³/mol. The standard InChI is InChI=1S/C45H56N20O16/c1-58-41(70)62-25-46-33(37(62)50-54-58)29(66)5-9-74-13-17-78-21-45(22-79-18-14-75-10-6-30(67)34-38-51-55-59(2)42(71)63(38)26-47-34,23-80-19-15-76-11-7-31(68)35-39-52-56-60(3)43(72)64(39)27-48-35)24-81-20-16-77-12-8-32(69)36-40-53-57-61(4)44(73)65(40)28-49-36/h25-28H,5-24H2,1-4H3. The van der Waals surface area contributed by atoms with Gasteiger partial charge in [0.1, 0.15) is 25.3 Å². The Kier molecular flexibility index (Phi) is 20.0. The number of hydrogen-bond donors (Lipinski definition) is 0. The maximum atomic E-state index is 13.0. The molecule has 0 aromatic carbocycles. The van der Waals surface area contributed by atoms with Crippen molar-refractivity contribution >= 4 is 45.7 Å². The Morgan fingerprint density at radius 3 is 0.778 bits per heavy atom. The fourth-order valence-electron chi connectivity index (χ4n) is 7.73. The fraction of sp³-hybridized carbons (Fsp3) is 0.556. The second-order valence-electron chi connectivity index (χ2n) is 18.0. The van der Waals surface area contributed by atoms with E-state index in [1.165, 1.54) is 53.5 Å². The lowest BCUT2D eigenvalue weighted by Gasteiger charge is -2.33. The lowest BCUT2D eigenvalue weighted by atomic mass is 9.92. The Labute approximate surface area is 454 Å². The molecule has 36 heteroatoms. The highest BCUT2D eigenvalue weighted by Crippen LogP contribution is 2.21. The van der Waals surface area contributed by atoms with Crippen molar-refractivity contribution < 1.29 is 57.1 Å². The third kappa shape index (κ3) is 14.3. The third-order valence-corrected chi connectivity index (χ3v) is 12.1. The predicted octanol–water partition coefficient (Wildman–Crippen LogP) is -4.26. The van der Waals surface area contributed by atoms with Gasteiger partial charge in [-0.1, -0.05) is 20.9 Å². The van der Waals surface area contributed by atoms with Crippen LogP contribution in [-0.2, 0) is 66.1 Å². The van der Waals surface area contributed by atoms with Crippen LogP contribution in [0.4, 0.5) is 0 Å². The molecule has 0 radical (unpaired) electrons. The van der Waals surface area contributed by atoms with E-state index in [0.717, 1.165) is 36.3 Å². The van der Waals surface area contributed by atoms with E-state index in [4.69, 9.17) is 37.9 Å². The highest BCUT2D eigenvalue weighted by Gasteiger charge is 2.33. The topological polar surface area (TPSA) is 402 Å². The van der Waals surface area contributed by atoms with Gasteiger partial charge in [0.15, 0.2) is 68.5 Å². The molecular formula is C45H56N20O16. The van der Waals surface area contributed by atoms with Crippen molar-refractivity contribution in [1.29, 1.82) is 0 Å². The van der Waals surface area contributed by atoms with E-state index < -0.39 is 51.3 Å². The Morgan fingerprint density at radius 1 is 0.346 bits per heavy atom. The summed E-state index contributed by atoms with van der Waals surface area (Å²) in [6, 6.07) is 0. The number of carbonyl (C=O) groups excluding carboxylic acids is 4. The maximum Gasteiger partial charge on any atom is 0.352 e. The van der Waals surface area contributed by atoms with Gasteiger partial charge in [-0.05, 0) is 0 Å². The van der Waals surface area contributed by atoms with E-state index in [9.17, 15) is 38.4 Å². The average molecular weight is 1130 g/mol. The SMILES string of the molecule is Cn1nnc2c(C(=O)CCOCCOCC(COCCOCCC(=O)c3ncn4c(=O)n(C)nnc34)(COCCOCCC(=O)c3ncn4c(=O)n(C)nnc34)COCCOCCC(=O)c3ncn4c(=O)n(C)nnc34)ncn2c1=O. The van der Waals surface area contributed by atoms with Crippen LogP contribution in [0, 0.1) is 5.41 Å². The molecule has 0 bridgehead atoms. The van der Waals surface area contributed by atoms with Crippen LogP contribution in [0.2, 0.25) is 0 Å². The molecule has 0 saturated heterocycles. The van der Waals surface area contributed by atoms with Gasteiger partial charge in [0.05, 0.1) is 111 Å². The van der Waals surface area contributed by atoms with E-state index in [-0.39, 0.29) is 177 Å². The molecule has 0 aliphatic carbocycles. The van der Waals surface area contributed by atoms with Crippen molar-refractivity contribution in [1.82, 2.24) is 97.5 Å². The van der Waals surface area contributed by atoms with Gasteiger partial charge in [-0.2, -0.15) is 18.7 Å². The van der Waals surface area contributed by atoms with Gasteiger partial charge in [0, 0.05) is 53.9 Å². The molecule has 0 spiro atoms. The van der Waals surface area contributed by atoms with Crippen molar-refractivity contribution in [3.63, 3.8) is 0 Å². The number of nitrogens with zero attached hydrogens (tertiary/aromatic N) is 20. The van der Waals surface area contributed by atoms with Crippen molar-refractivity contribution in [3.8, 4) is 0 Å². The lowest BCUT2D eigenvalue weighted by Crippen LogP contribution is -2.43. The number of rotatable bonds is 36. The van der Waals surface area contributed by atoms with Gasteiger partial charge >= 0.3 is 22.8 Å². The molecule has 8 aromatic rings. The molecule has 81 heavy (non-hydrogen) atoms. The van der Waals surface area contributed by atoms with Gasteiger partial charge in [-0.3, -0.25) is 19.2 Å². The molecular weight excluding hydrogens is 1080 g/mol. The lowest BCUT2D eigenvalue weighted by molar-refractivity contribution is -0.121. The minimum Gasteiger partial charge on any atom is -0.379 e. The summed E-state index contributed by atoms with van der Waals surface area (Å²) in [6.07, 6.45) is 4.52. The summed E-state index contributed by atoms with van der Waals surface area (Å²) in [5.41, 5.74) is -3.04. The minimum atomic E-state index is -1.01. The first kappa shape index (κ1) is 58.6. The van der Waals surface area contributed by atoms with Crippen molar-refractivity contribution in [2.45, 2.75) is 25.7 Å². The first-order valence-corrected chi connectivity index (χ1v) is 25.0. The summed E-state index contributed by atoms with van der Waals surface area (Å²) < 4.78 is 55.9. The van der Waals surface area contributed by atoms with Crippen LogP contribution in [0.1, 0.15) is 67.6 Å². The smallest absolute Gasteiger partial charge is 0.352 e. The van der Waals surface area contributed by atoms with Gasteiger partial charge in [0.25, 0.3) is 0 Å². The molecule has 8 heterocycles. The van der Waals surface area contributed by atoms with Crippen molar-refractivity contribution in [2.75, 3.05) is 106 Å². The van der Waals surface area contributed by atoms with Gasteiger partial charge in [0.2, 0.25) is 0 Å². The molecule has 0 saturated carbocycles. The molecule has 0 amide bonds. The molecule has 8 rings (SSSR count). The normalized spacial score (nSPS) is 12.0. The molecule has 0 N–H and O–H groups in total. The first-order chi connectivity index (χ1) is 39.2. The summed E-state index contributed by atoms with van der Waals surface area (Å²) in [7, 11) is 5.68. The summed E-state index contributed by atoms with van der Waals surface area (Å²) in [5.74, 6) is -1.64. The average Bonchev–Trinajstić information content (AvgIpc) is 4.35. The van der Waals surface area contributed by atoms with Crippen molar-refractivity contribution in [3.05, 3.63) is 90.0 Å². The van der Waals surface area contributed by atoms with Gasteiger partial charge in [-0.15, -0.1) is 20.4 Å². The van der Waals surface area contributed by atoms with E-state index in [1.807, 2.05) is 0 Å². The highest BCUT2D eigenvalue weighted by molar-refractivity contribution is 6.01. The molecule has 0 aliphatic heterocycles. The summed E-state index contributed by atoms with van der Waals surface area (Å²) in [6.45, 7) is 0.426. The zero-order valence-electron chi connectivity index (χ0n) is 44.4. The van der Waals surface area contributed by atoms with Crippen LogP contribution in [0.5, 0.6) is 0 Å². The Balaban J connectivity index is 0.853. The van der Waals surface area contributed by atoms with Crippen LogP contribution in [-0.4, -0.2) is 226 Å². The third-order valence-electron chi connectivity index (χ3n) is 12.1. The Hall–Kier alpha value is -8.52. The van der Waals surface area contributed by atoms with E-state index in [0.29, 0.717) is 0 Å². The summed E-state index contributed by atoms with van der Waals surface area (Å²) >= 11 is 0. The van der Waals surface area contributed by atoms with Crippen LogP contribution in [0.15, 0.2) is 44.5 Å². The number of imidazole rings is 4. The number of ketones is 4. The number of aryl methyl sites for hydroxylation is 4. The zero-order valence-corrected chi connectivity index (χ0v) is 44.4. The largest absolute Gasteiger partial charge is 0.379 e. The van der Waals surface area contributed by atoms with Crippen molar-refractivity contribution in [2.24, 2.45) is 33.6 Å². The number of carbonyl (C=O) groups is 4. The molecule has 0 atom stereocenters. The number of ether oxygens (including phenoxy) is 8. The molecule has 0 unspecified atom stereocenters. The fourth-order valence-corrected chi connectivity index (χ4v) is 7.73. The van der Waals surface area contributed by atoms with E-state index in [1.54, 1.807) is 0 Å². The number of fused-ring (bicyclic) bond motifs is 4. The van der Waals surface area contributed by atoms with Crippen LogP contribution in [0.25, 0.3) is 22.6 Å². The number of aromatic nitrogens is 20. The van der Waals surface area contributed by atoms with Gasteiger partial charge in [-0.25, -0.2) is 56.7 Å². The second-order valence-corrected chi connectivity index (χ2v) is 18.0. The Morgan fingerprint density at radius 2 is 0.556 bits per heavy atom. The molecule has 8 aromatic heterocycles. The molecule has 0 aliphatic rings. The highest BCUT2D eigenvalue weighted by atomic mass is 16.6. The quantitative estimate of drug-likeness (QED) is 0.0265. The van der Waals surface area contributed by atoms with E-state index >= 15 is 0 Å². The Bertz CT molecular complexity index is 3280. The number of Topliss-reactive ketones (excluding diaryl/α,β-unsaturated/α-hetero) is 4. The minimum absolute atomic E-state index is 0.00470. The van der Waals surface area contributed by atoms with Crippen LogP contribution in [0.3, 0.4) is 0 Å². The molecule has 0 fully saturated rings. The molecule has 432 valence electrons. The van der Waals surface area contributed by atoms with Crippen LogP contribution < -0.4 is 22.8 Å². The summed E-state index contributed by atoms with van der Waals surface area (Å²) in [5, 5.41) is 30.6. The summed E-state index contributed by atoms with van der Waals surface area (Å²) in [4.78, 5) is 118. The van der Waals surface area contributed by atoms with Gasteiger partial charge < -0.3 is 37.9 Å². The van der Waals surface area contributed by atoms with E-state index in [2.05, 4.69) is 61.2 Å². The molecule has 36 nitrogen and oxygen atoms in total. The maximum absolute atomic E-state index is 13.0. The number of hydrogen-bond acceptors (Lipinski definition) is 28. The van der Waals surface area contributed by atoms with Crippen LogP contribution >= 0.6 is 0 Å². The monoisotopic (exact) mass is 1130 g/mol. The second kappa shape index (κ2) is 27.6. The zero-order chi connectivity index (χ0) is 57.5.